The molecule has 0 amide bonds. The Labute approximate surface area is 325 Å². The Morgan fingerprint density at radius 1 is 0.679 bits per heavy atom. The monoisotopic (exact) mass is 879 g/mol. The quantitative estimate of drug-likeness (QED) is 0.0946. The molecular formula is C46H34N5PtSi-3. The van der Waals surface area contributed by atoms with Crippen molar-refractivity contribution in [3.05, 3.63) is 182 Å². The number of hydrogen-bond donors (Lipinski definition) is 0. The summed E-state index contributed by atoms with van der Waals surface area (Å²) in [6.07, 6.45) is 1.82. The molecule has 53 heavy (non-hydrogen) atoms. The second-order valence-corrected chi connectivity index (χ2v) is 17.1. The summed E-state index contributed by atoms with van der Waals surface area (Å²) >= 11 is 0. The second kappa shape index (κ2) is 14.0. The van der Waals surface area contributed by atoms with E-state index in [4.69, 9.17) is 4.98 Å². The third-order valence-corrected chi connectivity index (χ3v) is 14.8. The minimum Gasteiger partial charge on any atom is -0.499 e. The van der Waals surface area contributed by atoms with E-state index in [0.717, 1.165) is 49.4 Å². The van der Waals surface area contributed by atoms with Gasteiger partial charge in [-0.05, 0) is 78.1 Å². The summed E-state index contributed by atoms with van der Waals surface area (Å²) in [6.45, 7) is 6.65. The van der Waals surface area contributed by atoms with Crippen LogP contribution in [0.5, 0.6) is 0 Å². The molecule has 6 aromatic carbocycles. The molecule has 1 aliphatic heterocycles. The standard InChI is InChI=1S/C46H34N5Si.Pt/c1-33(2)49-32-50(44-21-10-9-20-43(44)49)35-14-13-19-38(29-35)52(36-15-5-3-6-16-36,37-17-7-4-8-18-37)39-24-25-40-41-28-34(31-47)23-26-42(41)51(45(40)30-39)46-22-11-12-27-48-46;/h3-28,32-33H,1-2H3;/q-3;. The van der Waals surface area contributed by atoms with Crippen LogP contribution in [0, 0.1) is 30.1 Å². The Hall–Kier alpha value is -5.73. The van der Waals surface area contributed by atoms with Crippen LogP contribution in [0.1, 0.15) is 19.4 Å². The number of benzene rings is 6. The summed E-state index contributed by atoms with van der Waals surface area (Å²) in [5, 5.41) is 16.6. The van der Waals surface area contributed by atoms with E-state index in [1.807, 2.05) is 42.6 Å². The second-order valence-electron chi connectivity index (χ2n) is 13.4. The van der Waals surface area contributed by atoms with Crippen molar-refractivity contribution in [3.8, 4) is 11.9 Å². The van der Waals surface area contributed by atoms with Gasteiger partial charge in [0.2, 0.25) is 0 Å². The average Bonchev–Trinajstić information content (AvgIpc) is 3.76. The number of para-hydroxylation sites is 2. The van der Waals surface area contributed by atoms with Crippen LogP contribution in [0.2, 0.25) is 0 Å². The first-order valence-corrected chi connectivity index (χ1v) is 19.6. The van der Waals surface area contributed by atoms with E-state index in [0.29, 0.717) is 11.6 Å². The predicted octanol–water partition coefficient (Wildman–Crippen LogP) is 7.51. The molecule has 0 radical (unpaired) electrons. The fraction of sp³-hybridized carbons (Fsp3) is 0.0652. The molecule has 0 atom stereocenters. The van der Waals surface area contributed by atoms with Crippen LogP contribution in [-0.2, 0) is 21.1 Å². The molecule has 0 saturated heterocycles. The Morgan fingerprint density at radius 3 is 2.04 bits per heavy atom. The van der Waals surface area contributed by atoms with E-state index < -0.39 is 8.07 Å². The molecular weight excluding hydrogens is 846 g/mol. The van der Waals surface area contributed by atoms with Crippen molar-refractivity contribution < 1.29 is 21.1 Å². The fourth-order valence-electron chi connectivity index (χ4n) is 7.82. The molecule has 3 heterocycles. The molecule has 9 rings (SSSR count). The molecule has 2 aromatic heterocycles. The van der Waals surface area contributed by atoms with Crippen molar-refractivity contribution >= 4 is 67.7 Å². The van der Waals surface area contributed by atoms with Crippen LogP contribution in [-0.4, -0.2) is 23.7 Å². The largest absolute Gasteiger partial charge is 0.499 e. The molecule has 0 aliphatic carbocycles. The van der Waals surface area contributed by atoms with Crippen molar-refractivity contribution in [3.63, 3.8) is 0 Å². The third kappa shape index (κ3) is 5.60. The molecule has 5 nitrogen and oxygen atoms in total. The molecule has 1 aliphatic rings. The number of nitriles is 1. The van der Waals surface area contributed by atoms with Gasteiger partial charge in [-0.15, -0.1) is 11.1 Å². The van der Waals surface area contributed by atoms with Crippen LogP contribution < -0.4 is 30.5 Å². The van der Waals surface area contributed by atoms with Gasteiger partial charge in [0.25, 0.3) is 0 Å². The zero-order valence-electron chi connectivity index (χ0n) is 29.2. The number of pyridine rings is 1. The summed E-state index contributed by atoms with van der Waals surface area (Å²) in [4.78, 5) is 9.39. The van der Waals surface area contributed by atoms with E-state index in [9.17, 15) is 5.26 Å². The maximum absolute atomic E-state index is 9.84. The Kier molecular flexibility index (Phi) is 9.08. The number of rotatable bonds is 7. The van der Waals surface area contributed by atoms with Crippen LogP contribution in [0.15, 0.2) is 158 Å². The number of aromatic nitrogens is 2. The van der Waals surface area contributed by atoms with E-state index in [1.54, 1.807) is 0 Å². The number of anilines is 3. The van der Waals surface area contributed by atoms with Crippen LogP contribution in [0.25, 0.3) is 27.6 Å². The average molecular weight is 880 g/mol. The van der Waals surface area contributed by atoms with Gasteiger partial charge in [-0.25, -0.2) is 4.98 Å². The minimum atomic E-state index is -3.07. The molecule has 7 heteroatoms. The van der Waals surface area contributed by atoms with Crippen molar-refractivity contribution in [2.45, 2.75) is 19.9 Å². The predicted molar refractivity (Wildman–Crippen MR) is 215 cm³/mol. The van der Waals surface area contributed by atoms with Gasteiger partial charge >= 0.3 is 0 Å². The molecule has 0 N–H and O–H groups in total. The maximum atomic E-state index is 9.84. The van der Waals surface area contributed by atoms with Gasteiger partial charge < -0.3 is 14.4 Å². The molecule has 260 valence electrons. The Morgan fingerprint density at radius 2 is 1.36 bits per heavy atom. The van der Waals surface area contributed by atoms with E-state index in [-0.39, 0.29) is 21.1 Å². The van der Waals surface area contributed by atoms with Crippen LogP contribution in [0.3, 0.4) is 0 Å². The first-order chi connectivity index (χ1) is 25.6. The summed E-state index contributed by atoms with van der Waals surface area (Å²) in [5.74, 6) is 0.804. The molecule has 0 unspecified atom stereocenters. The molecule has 8 aromatic rings. The number of nitrogens with zero attached hydrogens (tertiary/aromatic N) is 5. The number of hydrogen-bond acceptors (Lipinski definition) is 4. The first-order valence-electron chi connectivity index (χ1n) is 17.6. The Balaban J connectivity index is 0.00000400. The fourth-order valence-corrected chi connectivity index (χ4v) is 12.4. The summed E-state index contributed by atoms with van der Waals surface area (Å²) in [6, 6.07) is 64.0. The maximum Gasteiger partial charge on any atom is 0.135 e. The van der Waals surface area contributed by atoms with Crippen LogP contribution in [0.4, 0.5) is 17.1 Å². The van der Waals surface area contributed by atoms with Crippen molar-refractivity contribution in [1.82, 2.24) is 9.55 Å². The summed E-state index contributed by atoms with van der Waals surface area (Å²) in [5.41, 5.74) is 5.85. The van der Waals surface area contributed by atoms with E-state index in [1.165, 1.54) is 16.1 Å². The van der Waals surface area contributed by atoms with Crippen LogP contribution >= 0.6 is 0 Å². The Bertz CT molecular complexity index is 2580. The molecule has 0 fully saturated rings. The zero-order valence-corrected chi connectivity index (χ0v) is 32.5. The molecule has 0 bridgehead atoms. The van der Waals surface area contributed by atoms with Gasteiger partial charge in [0, 0.05) is 44.2 Å². The van der Waals surface area contributed by atoms with E-state index in [2.05, 4.69) is 168 Å². The van der Waals surface area contributed by atoms with Gasteiger partial charge in [0.15, 0.2) is 0 Å². The molecule has 0 saturated carbocycles. The summed E-state index contributed by atoms with van der Waals surface area (Å²) in [7, 11) is -3.07. The summed E-state index contributed by atoms with van der Waals surface area (Å²) < 4.78 is 2.18. The van der Waals surface area contributed by atoms with Crippen molar-refractivity contribution in [1.29, 1.82) is 5.26 Å². The topological polar surface area (TPSA) is 48.1 Å². The van der Waals surface area contributed by atoms with Gasteiger partial charge in [-0.3, -0.25) is 0 Å². The minimum absolute atomic E-state index is 0. The molecule has 0 spiro atoms. The van der Waals surface area contributed by atoms with Crippen molar-refractivity contribution in [2.24, 2.45) is 0 Å². The van der Waals surface area contributed by atoms with Gasteiger partial charge in [0.1, 0.15) is 13.9 Å². The first kappa shape index (κ1) is 34.4. The van der Waals surface area contributed by atoms with Gasteiger partial charge in [0.05, 0.1) is 11.6 Å². The SMILES string of the molecule is CC(C)N1[CH-]N(c2[c-]c([Si](c3[c-]c4c(cc3)c3cc(C#N)ccc3n4-c3ccccn3)(c3ccccc3)c3ccccc3)ccc2)c2ccccc21.[Pt]. The smallest absolute Gasteiger partial charge is 0.135 e. The van der Waals surface area contributed by atoms with Gasteiger partial charge in [-0.1, -0.05) is 84.4 Å². The third-order valence-electron chi connectivity index (χ3n) is 10.2. The zero-order chi connectivity index (χ0) is 35.2. The number of fused-ring (bicyclic) bond motifs is 4. The van der Waals surface area contributed by atoms with E-state index >= 15 is 0 Å². The normalized spacial score (nSPS) is 12.6. The van der Waals surface area contributed by atoms with Crippen molar-refractivity contribution in [2.75, 3.05) is 9.80 Å². The van der Waals surface area contributed by atoms with Gasteiger partial charge in [-0.2, -0.15) is 64.8 Å².